The summed E-state index contributed by atoms with van der Waals surface area (Å²) in [5, 5.41) is 6.58. The number of benzene rings is 2. The summed E-state index contributed by atoms with van der Waals surface area (Å²) in [6.07, 6.45) is 0. The Kier molecular flexibility index (Phi) is 6.61. The molecule has 0 aromatic heterocycles. The fourth-order valence-electron chi connectivity index (χ4n) is 2.15. The summed E-state index contributed by atoms with van der Waals surface area (Å²) in [6.45, 7) is 0.0254. The second-order valence-electron chi connectivity index (χ2n) is 4.94. The Balaban J connectivity index is 2.06. The maximum atomic E-state index is 12.1. The second-order valence-corrected chi connectivity index (χ2v) is 5.78. The van der Waals surface area contributed by atoms with Crippen molar-refractivity contribution in [3.05, 3.63) is 40.4 Å². The van der Waals surface area contributed by atoms with Crippen LogP contribution in [-0.4, -0.2) is 33.8 Å². The fourth-order valence-corrected chi connectivity index (χ4v) is 2.61. The van der Waals surface area contributed by atoms with E-state index in [4.69, 9.17) is 37.4 Å². The molecule has 0 fully saturated rings. The van der Waals surface area contributed by atoms with Crippen LogP contribution in [0.3, 0.4) is 0 Å². The third-order valence-corrected chi connectivity index (χ3v) is 3.87. The highest BCUT2D eigenvalue weighted by Gasteiger charge is 2.14. The molecular weight excluding hydrogens is 367 g/mol. The average Bonchev–Trinajstić information content (AvgIpc) is 2.61. The van der Waals surface area contributed by atoms with Crippen LogP contribution in [0.2, 0.25) is 10.0 Å². The molecule has 0 unspecified atom stereocenters. The molecule has 0 radical (unpaired) electrons. The van der Waals surface area contributed by atoms with Crippen molar-refractivity contribution in [2.24, 2.45) is 0 Å². The van der Waals surface area contributed by atoms with Gasteiger partial charge in [0.15, 0.2) is 11.5 Å². The van der Waals surface area contributed by atoms with Crippen LogP contribution in [0.4, 0.5) is 11.4 Å². The van der Waals surface area contributed by atoms with Crippen molar-refractivity contribution in [1.29, 1.82) is 0 Å². The fraction of sp³-hybridized carbons (Fsp3) is 0.235. The summed E-state index contributed by atoms with van der Waals surface area (Å²) in [5.74, 6) is 1.20. The number of hydrogen-bond acceptors (Lipinski definition) is 5. The molecule has 2 N–H and O–H groups in total. The van der Waals surface area contributed by atoms with Crippen LogP contribution in [-0.2, 0) is 4.79 Å². The monoisotopic (exact) mass is 384 g/mol. The number of carbonyl (C=O) groups is 1. The van der Waals surface area contributed by atoms with E-state index >= 15 is 0 Å². The van der Waals surface area contributed by atoms with Gasteiger partial charge in [-0.3, -0.25) is 4.79 Å². The van der Waals surface area contributed by atoms with Crippen molar-refractivity contribution in [1.82, 2.24) is 0 Å². The summed E-state index contributed by atoms with van der Waals surface area (Å²) >= 11 is 11.9. The normalized spacial score (nSPS) is 10.1. The van der Waals surface area contributed by atoms with Crippen LogP contribution in [0, 0.1) is 0 Å². The first kappa shape index (κ1) is 19.0. The summed E-state index contributed by atoms with van der Waals surface area (Å²) in [4.78, 5) is 12.1. The first-order chi connectivity index (χ1) is 12.0. The van der Waals surface area contributed by atoms with Crippen molar-refractivity contribution in [3.63, 3.8) is 0 Å². The molecule has 0 saturated carbocycles. The highest BCUT2D eigenvalue weighted by molar-refractivity contribution is 6.36. The van der Waals surface area contributed by atoms with Gasteiger partial charge in [0.1, 0.15) is 0 Å². The highest BCUT2D eigenvalue weighted by atomic mass is 35.5. The summed E-state index contributed by atoms with van der Waals surface area (Å²) in [7, 11) is 4.57. The second kappa shape index (κ2) is 8.69. The minimum absolute atomic E-state index is 0.0254. The molecule has 0 aliphatic carbocycles. The highest BCUT2D eigenvalue weighted by Crippen LogP contribution is 2.39. The van der Waals surface area contributed by atoms with Gasteiger partial charge in [-0.1, -0.05) is 23.2 Å². The van der Waals surface area contributed by atoms with Crippen molar-refractivity contribution < 1.29 is 19.0 Å². The number of halogens is 2. The van der Waals surface area contributed by atoms with Gasteiger partial charge in [-0.25, -0.2) is 0 Å². The van der Waals surface area contributed by atoms with Gasteiger partial charge in [-0.2, -0.15) is 0 Å². The quantitative estimate of drug-likeness (QED) is 0.752. The topological polar surface area (TPSA) is 68.8 Å². The predicted octanol–water partition coefficient (Wildman–Crippen LogP) is 4.07. The van der Waals surface area contributed by atoms with Gasteiger partial charge < -0.3 is 24.8 Å². The zero-order valence-corrected chi connectivity index (χ0v) is 15.5. The number of ether oxygens (including phenoxy) is 3. The third-order valence-electron chi connectivity index (χ3n) is 3.32. The van der Waals surface area contributed by atoms with E-state index in [0.717, 1.165) is 0 Å². The molecule has 25 heavy (non-hydrogen) atoms. The van der Waals surface area contributed by atoms with Gasteiger partial charge >= 0.3 is 0 Å². The van der Waals surface area contributed by atoms with Gasteiger partial charge in [-0.05, 0) is 18.2 Å². The molecule has 0 heterocycles. The maximum Gasteiger partial charge on any atom is 0.243 e. The van der Waals surface area contributed by atoms with Crippen molar-refractivity contribution in [3.8, 4) is 17.2 Å². The molecule has 0 bridgehead atoms. The van der Waals surface area contributed by atoms with Crippen LogP contribution in [0.15, 0.2) is 30.3 Å². The Bertz CT molecular complexity index is 743. The van der Waals surface area contributed by atoms with Gasteiger partial charge in [-0.15, -0.1) is 0 Å². The molecule has 0 spiro atoms. The number of carbonyl (C=O) groups excluding carboxylic acids is 1. The molecular formula is C17H18Cl2N2O4. The van der Waals surface area contributed by atoms with E-state index in [1.165, 1.54) is 21.3 Å². The largest absolute Gasteiger partial charge is 0.493 e. The average molecular weight is 385 g/mol. The van der Waals surface area contributed by atoms with Crippen LogP contribution in [0.5, 0.6) is 17.2 Å². The van der Waals surface area contributed by atoms with E-state index in [2.05, 4.69) is 10.6 Å². The number of anilines is 2. The van der Waals surface area contributed by atoms with Gasteiger partial charge in [0.05, 0.1) is 38.6 Å². The molecule has 6 nitrogen and oxygen atoms in total. The zero-order valence-electron chi connectivity index (χ0n) is 14.0. The third kappa shape index (κ3) is 4.84. The van der Waals surface area contributed by atoms with Crippen molar-refractivity contribution in [2.45, 2.75) is 0 Å². The molecule has 0 atom stereocenters. The van der Waals surface area contributed by atoms with E-state index in [1.807, 2.05) is 0 Å². The molecule has 134 valence electrons. The lowest BCUT2D eigenvalue weighted by atomic mass is 10.2. The lowest BCUT2D eigenvalue weighted by molar-refractivity contribution is -0.114. The summed E-state index contributed by atoms with van der Waals surface area (Å²) in [5.41, 5.74) is 1.13. The number of nitrogens with one attached hydrogen (secondary N) is 2. The molecule has 2 rings (SSSR count). The predicted molar refractivity (Wildman–Crippen MR) is 99.7 cm³/mol. The molecule has 0 aliphatic heterocycles. The molecule has 0 saturated heterocycles. The SMILES string of the molecule is COc1cc(NCC(=O)Nc2ccc(Cl)cc2Cl)cc(OC)c1OC. The maximum absolute atomic E-state index is 12.1. The Morgan fingerprint density at radius 2 is 1.64 bits per heavy atom. The zero-order chi connectivity index (χ0) is 18.4. The molecule has 8 heteroatoms. The first-order valence-corrected chi connectivity index (χ1v) is 8.02. The lowest BCUT2D eigenvalue weighted by Gasteiger charge is -2.15. The van der Waals surface area contributed by atoms with Crippen LogP contribution >= 0.6 is 23.2 Å². The Morgan fingerprint density at radius 1 is 1.00 bits per heavy atom. The van der Waals surface area contributed by atoms with Crippen molar-refractivity contribution >= 4 is 40.5 Å². The molecule has 2 aromatic rings. The number of methoxy groups -OCH3 is 3. The van der Waals surface area contributed by atoms with Gasteiger partial charge in [0.25, 0.3) is 0 Å². The number of rotatable bonds is 7. The van der Waals surface area contributed by atoms with E-state index < -0.39 is 0 Å². The standard InChI is InChI=1S/C17H18Cl2N2O4/c1-23-14-7-11(8-15(24-2)17(14)25-3)20-9-16(22)21-13-5-4-10(18)6-12(13)19/h4-8,20H,9H2,1-3H3,(H,21,22). The van der Waals surface area contributed by atoms with Crippen molar-refractivity contribution in [2.75, 3.05) is 38.5 Å². The van der Waals surface area contributed by atoms with Crippen LogP contribution in [0.1, 0.15) is 0 Å². The lowest BCUT2D eigenvalue weighted by Crippen LogP contribution is -2.22. The Labute approximate surface area is 156 Å². The van der Waals surface area contributed by atoms with Crippen LogP contribution < -0.4 is 24.8 Å². The summed E-state index contributed by atoms with van der Waals surface area (Å²) in [6, 6.07) is 8.27. The molecule has 0 aliphatic rings. The van der Waals surface area contributed by atoms with Gasteiger partial charge in [0, 0.05) is 22.8 Å². The molecule has 1 amide bonds. The van der Waals surface area contributed by atoms with Crippen LogP contribution in [0.25, 0.3) is 0 Å². The minimum Gasteiger partial charge on any atom is -0.493 e. The minimum atomic E-state index is -0.266. The van der Waals surface area contributed by atoms with E-state index in [9.17, 15) is 4.79 Å². The van der Waals surface area contributed by atoms with Gasteiger partial charge in [0.2, 0.25) is 11.7 Å². The number of hydrogen-bond donors (Lipinski definition) is 2. The summed E-state index contributed by atoms with van der Waals surface area (Å²) < 4.78 is 15.8. The van der Waals surface area contributed by atoms with E-state index in [1.54, 1.807) is 30.3 Å². The Morgan fingerprint density at radius 3 is 2.16 bits per heavy atom. The van der Waals surface area contributed by atoms with E-state index in [0.29, 0.717) is 38.7 Å². The first-order valence-electron chi connectivity index (χ1n) is 7.27. The van der Waals surface area contributed by atoms with E-state index in [-0.39, 0.29) is 12.5 Å². The number of amides is 1. The Hall–Kier alpha value is -2.31. The smallest absolute Gasteiger partial charge is 0.243 e. The molecule has 2 aromatic carbocycles.